The van der Waals surface area contributed by atoms with Crippen molar-refractivity contribution in [3.8, 4) is 28.6 Å². The van der Waals surface area contributed by atoms with E-state index in [1.807, 2.05) is 24.3 Å². The number of methoxy groups -OCH3 is 3. The van der Waals surface area contributed by atoms with Gasteiger partial charge in [-0.1, -0.05) is 16.8 Å². The van der Waals surface area contributed by atoms with E-state index >= 15 is 0 Å². The maximum absolute atomic E-state index is 12.9. The van der Waals surface area contributed by atoms with Crippen molar-refractivity contribution in [1.82, 2.24) is 20.4 Å². The standard InChI is InChI=1S/C25H29ClN4O5/c1-32-20-11-16(12-21(33-2)23(20)34-3)13-27-25(31)18-5-4-10-30(14-18)15-22-28-24(29-35-22)17-6-8-19(26)9-7-17/h6-9,11-12,18H,4-5,10,13-15H2,1-3H3,(H,27,31). The molecular formula is C25H29ClN4O5. The number of hydrogen-bond donors (Lipinski definition) is 1. The fraction of sp³-hybridized carbons (Fsp3) is 0.400. The van der Waals surface area contributed by atoms with E-state index in [0.29, 0.717) is 53.6 Å². The Morgan fingerprint density at radius 2 is 1.86 bits per heavy atom. The SMILES string of the molecule is COc1cc(CNC(=O)C2CCCN(Cc3nc(-c4ccc(Cl)cc4)no3)C2)cc(OC)c1OC. The quantitative estimate of drug-likeness (QED) is 0.471. The van der Waals surface area contributed by atoms with Crippen LogP contribution in [-0.4, -0.2) is 55.4 Å². The highest BCUT2D eigenvalue weighted by atomic mass is 35.5. The van der Waals surface area contributed by atoms with Gasteiger partial charge in [-0.25, -0.2) is 0 Å². The normalized spacial score (nSPS) is 16.1. The summed E-state index contributed by atoms with van der Waals surface area (Å²) < 4.78 is 21.6. The highest BCUT2D eigenvalue weighted by Crippen LogP contribution is 2.38. The lowest BCUT2D eigenvalue weighted by molar-refractivity contribution is -0.127. The zero-order valence-corrected chi connectivity index (χ0v) is 20.8. The summed E-state index contributed by atoms with van der Waals surface area (Å²) >= 11 is 5.95. The molecule has 4 rings (SSSR count). The number of nitrogens with zero attached hydrogens (tertiary/aromatic N) is 3. The number of piperidine rings is 1. The van der Waals surface area contributed by atoms with E-state index < -0.39 is 0 Å². The fourth-order valence-electron chi connectivity index (χ4n) is 4.21. The molecule has 0 bridgehead atoms. The summed E-state index contributed by atoms with van der Waals surface area (Å²) in [5.41, 5.74) is 1.70. The maximum Gasteiger partial charge on any atom is 0.241 e. The number of ether oxygens (including phenoxy) is 3. The van der Waals surface area contributed by atoms with Gasteiger partial charge in [0.05, 0.1) is 33.8 Å². The summed E-state index contributed by atoms with van der Waals surface area (Å²) in [6, 6.07) is 11.0. The van der Waals surface area contributed by atoms with Gasteiger partial charge in [0.25, 0.3) is 0 Å². The van der Waals surface area contributed by atoms with Crippen LogP contribution in [0.15, 0.2) is 40.9 Å². The Morgan fingerprint density at radius 1 is 1.14 bits per heavy atom. The third-order valence-corrected chi connectivity index (χ3v) is 6.25. The zero-order valence-electron chi connectivity index (χ0n) is 20.0. The molecule has 1 aliphatic rings. The lowest BCUT2D eigenvalue weighted by Crippen LogP contribution is -2.42. The number of hydrogen-bond acceptors (Lipinski definition) is 8. The first-order valence-electron chi connectivity index (χ1n) is 11.4. The van der Waals surface area contributed by atoms with Gasteiger partial charge in [-0.2, -0.15) is 4.98 Å². The molecular weight excluding hydrogens is 472 g/mol. The van der Waals surface area contributed by atoms with E-state index in [0.717, 1.165) is 30.5 Å². The Labute approximate surface area is 209 Å². The number of amides is 1. The molecule has 1 aliphatic heterocycles. The van der Waals surface area contributed by atoms with Crippen LogP contribution in [0.5, 0.6) is 17.2 Å². The molecule has 0 saturated carbocycles. The molecule has 1 amide bonds. The van der Waals surface area contributed by atoms with Crippen molar-refractivity contribution in [3.63, 3.8) is 0 Å². The van der Waals surface area contributed by atoms with Gasteiger partial charge in [-0.3, -0.25) is 9.69 Å². The van der Waals surface area contributed by atoms with E-state index in [-0.39, 0.29) is 11.8 Å². The van der Waals surface area contributed by atoms with Crippen molar-refractivity contribution in [3.05, 3.63) is 52.9 Å². The van der Waals surface area contributed by atoms with Gasteiger partial charge in [-0.05, 0) is 61.3 Å². The highest BCUT2D eigenvalue weighted by molar-refractivity contribution is 6.30. The summed E-state index contributed by atoms with van der Waals surface area (Å²) in [5.74, 6) is 2.56. The van der Waals surface area contributed by atoms with Crippen molar-refractivity contribution in [2.75, 3.05) is 34.4 Å². The van der Waals surface area contributed by atoms with Crippen LogP contribution in [0.1, 0.15) is 24.3 Å². The summed E-state index contributed by atoms with van der Waals surface area (Å²) in [6.45, 7) is 2.35. The third kappa shape index (κ3) is 6.04. The van der Waals surface area contributed by atoms with Crippen LogP contribution in [0.4, 0.5) is 0 Å². The average molecular weight is 501 g/mol. The molecule has 35 heavy (non-hydrogen) atoms. The predicted octanol–water partition coefficient (Wildman–Crippen LogP) is 3.94. The summed E-state index contributed by atoms with van der Waals surface area (Å²) in [4.78, 5) is 19.6. The summed E-state index contributed by atoms with van der Waals surface area (Å²) in [5, 5.41) is 7.77. The Hall–Kier alpha value is -3.30. The van der Waals surface area contributed by atoms with Crippen LogP contribution in [0.3, 0.4) is 0 Å². The molecule has 1 unspecified atom stereocenters. The van der Waals surface area contributed by atoms with Gasteiger partial charge in [-0.15, -0.1) is 0 Å². The number of likely N-dealkylation sites (tertiary alicyclic amines) is 1. The fourth-order valence-corrected chi connectivity index (χ4v) is 4.34. The van der Waals surface area contributed by atoms with Gasteiger partial charge in [0.1, 0.15) is 0 Å². The molecule has 2 heterocycles. The first-order chi connectivity index (χ1) is 17.0. The first kappa shape index (κ1) is 24.8. The smallest absolute Gasteiger partial charge is 0.241 e. The second kappa shape index (κ2) is 11.4. The van der Waals surface area contributed by atoms with Gasteiger partial charge >= 0.3 is 0 Å². The molecule has 10 heteroatoms. The van der Waals surface area contributed by atoms with E-state index in [9.17, 15) is 4.79 Å². The predicted molar refractivity (Wildman–Crippen MR) is 131 cm³/mol. The number of rotatable bonds is 9. The second-order valence-electron chi connectivity index (χ2n) is 8.34. The van der Waals surface area contributed by atoms with E-state index in [1.165, 1.54) is 0 Å². The van der Waals surface area contributed by atoms with Crippen LogP contribution in [0.2, 0.25) is 5.02 Å². The summed E-state index contributed by atoms with van der Waals surface area (Å²) in [7, 11) is 4.69. The lowest BCUT2D eigenvalue weighted by atomic mass is 9.97. The minimum absolute atomic E-state index is 0.0100. The lowest BCUT2D eigenvalue weighted by Gasteiger charge is -2.30. The van der Waals surface area contributed by atoms with Crippen LogP contribution < -0.4 is 19.5 Å². The zero-order chi connectivity index (χ0) is 24.8. The third-order valence-electron chi connectivity index (χ3n) is 6.00. The van der Waals surface area contributed by atoms with Gasteiger partial charge < -0.3 is 24.1 Å². The number of aromatic nitrogens is 2. The number of benzene rings is 2. The number of halogens is 1. The van der Waals surface area contributed by atoms with Crippen LogP contribution >= 0.6 is 11.6 Å². The highest BCUT2D eigenvalue weighted by Gasteiger charge is 2.27. The molecule has 2 aromatic carbocycles. The van der Waals surface area contributed by atoms with Gasteiger partial charge in [0, 0.05) is 23.7 Å². The molecule has 0 spiro atoms. The molecule has 3 aromatic rings. The molecule has 1 saturated heterocycles. The van der Waals surface area contributed by atoms with Gasteiger partial charge in [0.2, 0.25) is 23.4 Å². The molecule has 1 fully saturated rings. The van der Waals surface area contributed by atoms with Crippen LogP contribution in [0, 0.1) is 5.92 Å². The monoisotopic (exact) mass is 500 g/mol. The second-order valence-corrected chi connectivity index (χ2v) is 8.78. The maximum atomic E-state index is 12.9. The molecule has 0 aliphatic carbocycles. The first-order valence-corrected chi connectivity index (χ1v) is 11.8. The van der Waals surface area contributed by atoms with Crippen LogP contribution in [0.25, 0.3) is 11.4 Å². The van der Waals surface area contributed by atoms with E-state index in [1.54, 1.807) is 33.5 Å². The molecule has 9 nitrogen and oxygen atoms in total. The van der Waals surface area contributed by atoms with Crippen molar-refractivity contribution < 1.29 is 23.5 Å². The topological polar surface area (TPSA) is 99.0 Å². The van der Waals surface area contributed by atoms with Gasteiger partial charge in [0.15, 0.2) is 11.5 Å². The molecule has 186 valence electrons. The molecule has 1 aromatic heterocycles. The van der Waals surface area contributed by atoms with Crippen molar-refractivity contribution in [2.45, 2.75) is 25.9 Å². The number of nitrogens with one attached hydrogen (secondary N) is 1. The van der Waals surface area contributed by atoms with Crippen LogP contribution in [-0.2, 0) is 17.9 Å². The Balaban J connectivity index is 1.34. The number of carbonyl (C=O) groups is 1. The number of carbonyl (C=O) groups excluding carboxylic acids is 1. The minimum Gasteiger partial charge on any atom is -0.493 e. The van der Waals surface area contributed by atoms with Crippen molar-refractivity contribution >= 4 is 17.5 Å². The summed E-state index contributed by atoms with van der Waals surface area (Å²) in [6.07, 6.45) is 1.75. The van der Waals surface area contributed by atoms with E-state index in [4.69, 9.17) is 30.3 Å². The van der Waals surface area contributed by atoms with Crippen molar-refractivity contribution in [1.29, 1.82) is 0 Å². The molecule has 1 atom stereocenters. The molecule has 0 radical (unpaired) electrons. The largest absolute Gasteiger partial charge is 0.493 e. The Morgan fingerprint density at radius 3 is 2.51 bits per heavy atom. The van der Waals surface area contributed by atoms with Crippen molar-refractivity contribution in [2.24, 2.45) is 5.92 Å². The average Bonchev–Trinajstić information content (AvgIpc) is 3.35. The minimum atomic E-state index is -0.121. The van der Waals surface area contributed by atoms with E-state index in [2.05, 4.69) is 20.4 Å². The Bertz CT molecular complexity index is 1130. The molecule has 1 N–H and O–H groups in total. The Kier molecular flexibility index (Phi) is 8.09.